The van der Waals surface area contributed by atoms with Crippen molar-refractivity contribution >= 4 is 0 Å². The van der Waals surface area contributed by atoms with E-state index in [9.17, 15) is 4.39 Å². The zero-order chi connectivity index (χ0) is 13.4. The van der Waals surface area contributed by atoms with Crippen molar-refractivity contribution in [2.75, 3.05) is 0 Å². The molecule has 2 nitrogen and oxygen atoms in total. The van der Waals surface area contributed by atoms with Gasteiger partial charge < -0.3 is 0 Å². The van der Waals surface area contributed by atoms with E-state index in [-0.39, 0.29) is 0 Å². The van der Waals surface area contributed by atoms with Crippen LogP contribution in [0.4, 0.5) is 4.39 Å². The third-order valence-electron chi connectivity index (χ3n) is 1.73. The van der Waals surface area contributed by atoms with Crippen molar-refractivity contribution in [3.63, 3.8) is 0 Å². The molecule has 0 saturated carbocycles. The summed E-state index contributed by atoms with van der Waals surface area (Å²) in [7, 11) is 0. The summed E-state index contributed by atoms with van der Waals surface area (Å²) >= 11 is 0. The van der Waals surface area contributed by atoms with Crippen LogP contribution < -0.4 is 0 Å². The Bertz CT molecular complexity index is 252. The van der Waals surface area contributed by atoms with E-state index < -0.39 is 5.67 Å². The molecule has 0 aromatic carbocycles. The minimum absolute atomic E-state index is 0.321. The van der Waals surface area contributed by atoms with Crippen molar-refractivity contribution in [1.82, 2.24) is 9.78 Å². The fourth-order valence-corrected chi connectivity index (χ4v) is 1.08. The molecule has 0 aliphatic carbocycles. The van der Waals surface area contributed by atoms with Gasteiger partial charge in [-0.15, -0.1) is 0 Å². The van der Waals surface area contributed by atoms with Crippen molar-refractivity contribution in [3.8, 4) is 0 Å². The number of alkyl halides is 1. The Morgan fingerprint density at radius 2 is 1.62 bits per heavy atom. The predicted molar refractivity (Wildman–Crippen MR) is 69.6 cm³/mol. The van der Waals surface area contributed by atoms with Gasteiger partial charge in [0, 0.05) is 6.20 Å². The van der Waals surface area contributed by atoms with E-state index in [0.717, 1.165) is 11.3 Å². The van der Waals surface area contributed by atoms with Crippen LogP contribution in [0.5, 0.6) is 0 Å². The van der Waals surface area contributed by atoms with Gasteiger partial charge in [0.1, 0.15) is 5.67 Å². The summed E-state index contributed by atoms with van der Waals surface area (Å²) in [6.45, 7) is 15.3. The van der Waals surface area contributed by atoms with Gasteiger partial charge in [-0.05, 0) is 33.3 Å². The van der Waals surface area contributed by atoms with Gasteiger partial charge in [-0.2, -0.15) is 5.10 Å². The number of hydrogen-bond donors (Lipinski definition) is 0. The maximum absolute atomic E-state index is 13.2. The molecule has 0 N–H and O–H groups in total. The van der Waals surface area contributed by atoms with Gasteiger partial charge in [-0.1, -0.05) is 27.7 Å². The molecule has 0 radical (unpaired) electrons. The van der Waals surface area contributed by atoms with Gasteiger partial charge in [0.2, 0.25) is 0 Å². The van der Waals surface area contributed by atoms with Gasteiger partial charge in [0.25, 0.3) is 0 Å². The largest absolute Gasteiger partial charge is 0.269 e. The number of halogens is 1. The molecule has 0 unspecified atom stereocenters. The lowest BCUT2D eigenvalue weighted by Crippen LogP contribution is -2.21. The number of hydrogen-bond acceptors (Lipinski definition) is 1. The summed E-state index contributed by atoms with van der Waals surface area (Å²) in [4.78, 5) is 0. The van der Waals surface area contributed by atoms with E-state index in [2.05, 4.69) is 5.10 Å². The number of rotatable bonds is 2. The van der Waals surface area contributed by atoms with E-state index in [1.807, 2.05) is 47.7 Å². The first kappa shape index (κ1) is 17.5. The van der Waals surface area contributed by atoms with Crippen LogP contribution in [0.1, 0.15) is 52.8 Å². The number of aryl methyl sites for hydroxylation is 2. The summed E-state index contributed by atoms with van der Waals surface area (Å²) < 4.78 is 14.8. The normalized spacial score (nSPS) is 9.81. The third kappa shape index (κ3) is 7.43. The Balaban J connectivity index is 0. The Morgan fingerprint density at radius 3 is 1.88 bits per heavy atom. The highest BCUT2D eigenvalue weighted by Crippen LogP contribution is 2.12. The second kappa shape index (κ2) is 8.31. The SMILES string of the molecule is CC.CC.Cc1cn(CC(C)(C)F)nc1C. The standard InChI is InChI=1S/C9H15FN2.2C2H6/c1-7-5-12(11-8(7)2)6-9(3,4)10;2*1-2/h5H,6H2,1-4H3;2*1-2H3. The molecule has 0 atom stereocenters. The fraction of sp³-hybridized carbons (Fsp3) is 0.769. The summed E-state index contributed by atoms with van der Waals surface area (Å²) in [5, 5.41) is 4.17. The van der Waals surface area contributed by atoms with Gasteiger partial charge in [0.15, 0.2) is 0 Å². The molecular formula is C13H27FN2. The molecule has 0 saturated heterocycles. The van der Waals surface area contributed by atoms with Crippen LogP contribution in [-0.4, -0.2) is 15.4 Å². The maximum Gasteiger partial charge on any atom is 0.124 e. The number of nitrogens with zero attached hydrogens (tertiary/aromatic N) is 2. The minimum atomic E-state index is -1.19. The molecule has 0 bridgehead atoms. The molecule has 1 heterocycles. The van der Waals surface area contributed by atoms with Gasteiger partial charge in [-0.3, -0.25) is 4.68 Å². The van der Waals surface area contributed by atoms with E-state index in [4.69, 9.17) is 0 Å². The highest BCUT2D eigenvalue weighted by Gasteiger charge is 2.16. The van der Waals surface area contributed by atoms with Gasteiger partial charge >= 0.3 is 0 Å². The van der Waals surface area contributed by atoms with Crippen molar-refractivity contribution in [2.45, 2.75) is 67.6 Å². The fourth-order valence-electron chi connectivity index (χ4n) is 1.08. The summed E-state index contributed by atoms with van der Waals surface area (Å²) in [5.41, 5.74) is 0.892. The highest BCUT2D eigenvalue weighted by molar-refractivity contribution is 5.12. The molecule has 0 fully saturated rings. The predicted octanol–water partition coefficient (Wildman–Crippen LogP) is 4.30. The van der Waals surface area contributed by atoms with E-state index in [1.165, 1.54) is 0 Å². The Kier molecular flexibility index (Phi) is 9.11. The smallest absolute Gasteiger partial charge is 0.124 e. The van der Waals surface area contributed by atoms with Crippen molar-refractivity contribution in [3.05, 3.63) is 17.5 Å². The topological polar surface area (TPSA) is 17.8 Å². The van der Waals surface area contributed by atoms with Gasteiger partial charge in [-0.25, -0.2) is 4.39 Å². The Hall–Kier alpha value is -0.860. The van der Waals surface area contributed by atoms with Crippen LogP contribution in [0.3, 0.4) is 0 Å². The third-order valence-corrected chi connectivity index (χ3v) is 1.73. The Labute approximate surface area is 99.9 Å². The Morgan fingerprint density at radius 1 is 1.19 bits per heavy atom. The first-order valence-electron chi connectivity index (χ1n) is 6.08. The first-order valence-corrected chi connectivity index (χ1v) is 6.08. The first-order chi connectivity index (χ1) is 7.38. The van der Waals surface area contributed by atoms with Gasteiger partial charge in [0.05, 0.1) is 12.2 Å². The van der Waals surface area contributed by atoms with Crippen molar-refractivity contribution in [1.29, 1.82) is 0 Å². The van der Waals surface area contributed by atoms with Crippen LogP contribution in [0.15, 0.2) is 6.20 Å². The molecule has 0 aliphatic heterocycles. The molecule has 96 valence electrons. The summed E-state index contributed by atoms with van der Waals surface area (Å²) in [6, 6.07) is 0. The van der Waals surface area contributed by atoms with Crippen LogP contribution in [0, 0.1) is 13.8 Å². The van der Waals surface area contributed by atoms with Crippen LogP contribution in [0.2, 0.25) is 0 Å². The number of aromatic nitrogens is 2. The van der Waals surface area contributed by atoms with E-state index >= 15 is 0 Å². The quantitative estimate of drug-likeness (QED) is 0.740. The second-order valence-corrected chi connectivity index (χ2v) is 3.81. The molecule has 1 aromatic heterocycles. The molecule has 0 aliphatic rings. The lowest BCUT2D eigenvalue weighted by molar-refractivity contribution is 0.179. The molecule has 1 rings (SSSR count). The van der Waals surface area contributed by atoms with Crippen LogP contribution >= 0.6 is 0 Å². The summed E-state index contributed by atoms with van der Waals surface area (Å²) in [6.07, 6.45) is 1.87. The molecule has 3 heteroatoms. The lowest BCUT2D eigenvalue weighted by Gasteiger charge is -2.13. The maximum atomic E-state index is 13.2. The van der Waals surface area contributed by atoms with E-state index in [0.29, 0.717) is 6.54 Å². The minimum Gasteiger partial charge on any atom is -0.269 e. The van der Waals surface area contributed by atoms with E-state index in [1.54, 1.807) is 18.5 Å². The van der Waals surface area contributed by atoms with Crippen LogP contribution in [-0.2, 0) is 6.54 Å². The molecule has 0 amide bonds. The second-order valence-electron chi connectivity index (χ2n) is 3.81. The van der Waals surface area contributed by atoms with Crippen molar-refractivity contribution < 1.29 is 4.39 Å². The average molecular weight is 230 g/mol. The molecule has 16 heavy (non-hydrogen) atoms. The highest BCUT2D eigenvalue weighted by atomic mass is 19.1. The molecule has 1 aromatic rings. The molecular weight excluding hydrogens is 203 g/mol. The van der Waals surface area contributed by atoms with Crippen molar-refractivity contribution in [2.24, 2.45) is 0 Å². The monoisotopic (exact) mass is 230 g/mol. The van der Waals surface area contributed by atoms with Crippen LogP contribution in [0.25, 0.3) is 0 Å². The zero-order valence-electron chi connectivity index (χ0n) is 12.1. The molecule has 0 spiro atoms. The summed E-state index contributed by atoms with van der Waals surface area (Å²) in [5.74, 6) is 0. The zero-order valence-corrected chi connectivity index (χ0v) is 12.1. The lowest BCUT2D eigenvalue weighted by atomic mass is 10.2. The average Bonchev–Trinajstić information content (AvgIpc) is 2.49.